The van der Waals surface area contributed by atoms with Crippen molar-refractivity contribution in [2.24, 2.45) is 0 Å². The van der Waals surface area contributed by atoms with Crippen molar-refractivity contribution in [3.8, 4) is 5.75 Å². The van der Waals surface area contributed by atoms with Crippen LogP contribution in [0.5, 0.6) is 5.75 Å². The maximum Gasteiger partial charge on any atom is 0.337 e. The van der Waals surface area contributed by atoms with E-state index in [0.29, 0.717) is 27.5 Å². The van der Waals surface area contributed by atoms with Gasteiger partial charge in [0.1, 0.15) is 18.2 Å². The Morgan fingerprint density at radius 3 is 2.35 bits per heavy atom. The summed E-state index contributed by atoms with van der Waals surface area (Å²) in [5, 5.41) is 3.35. The van der Waals surface area contributed by atoms with Gasteiger partial charge in [-0.2, -0.15) is 0 Å². The Morgan fingerprint density at radius 2 is 1.71 bits per heavy atom. The summed E-state index contributed by atoms with van der Waals surface area (Å²) in [4.78, 5) is 24.5. The van der Waals surface area contributed by atoms with Crippen molar-refractivity contribution >= 4 is 23.5 Å². The van der Waals surface area contributed by atoms with Gasteiger partial charge in [-0.25, -0.2) is 9.18 Å². The molecule has 0 aliphatic rings. The fourth-order valence-corrected chi connectivity index (χ4v) is 3.13. The molecule has 1 atom stereocenters. The lowest BCUT2D eigenvalue weighted by atomic mass is 10.0. The fraction of sp³-hybridized carbons (Fsp3) is 0.167. The van der Waals surface area contributed by atoms with Crippen LogP contribution >= 0.6 is 11.6 Å². The van der Waals surface area contributed by atoms with Gasteiger partial charge in [0.15, 0.2) is 0 Å². The third kappa shape index (κ3) is 5.83. The predicted octanol–water partition coefficient (Wildman–Crippen LogP) is 5.34. The number of hydrogen-bond donors (Lipinski definition) is 1. The number of nitrogens with one attached hydrogen (secondary N) is 1. The highest BCUT2D eigenvalue weighted by molar-refractivity contribution is 6.31. The zero-order chi connectivity index (χ0) is 22.4. The van der Waals surface area contributed by atoms with Crippen LogP contribution in [-0.4, -0.2) is 19.0 Å². The summed E-state index contributed by atoms with van der Waals surface area (Å²) in [6.07, 6.45) is 0. The van der Waals surface area contributed by atoms with Crippen LogP contribution < -0.4 is 10.1 Å². The van der Waals surface area contributed by atoms with Gasteiger partial charge in [0.2, 0.25) is 0 Å². The first-order valence-electron chi connectivity index (χ1n) is 9.53. The summed E-state index contributed by atoms with van der Waals surface area (Å²) < 4.78 is 23.4. The van der Waals surface area contributed by atoms with Crippen LogP contribution in [0, 0.1) is 5.82 Å². The van der Waals surface area contributed by atoms with Crippen LogP contribution in [0.25, 0.3) is 0 Å². The summed E-state index contributed by atoms with van der Waals surface area (Å²) in [5.41, 5.74) is 2.28. The maximum absolute atomic E-state index is 13.1. The molecule has 31 heavy (non-hydrogen) atoms. The molecule has 0 bridgehead atoms. The van der Waals surface area contributed by atoms with Gasteiger partial charge < -0.3 is 14.8 Å². The van der Waals surface area contributed by atoms with Gasteiger partial charge in [0.05, 0.1) is 18.7 Å². The molecule has 0 aliphatic heterocycles. The van der Waals surface area contributed by atoms with Gasteiger partial charge in [0, 0.05) is 16.1 Å². The van der Waals surface area contributed by atoms with Crippen molar-refractivity contribution in [1.82, 2.24) is 5.32 Å². The number of carbonyl (C=O) groups excluding carboxylic acids is 2. The van der Waals surface area contributed by atoms with Crippen molar-refractivity contribution in [2.45, 2.75) is 19.6 Å². The molecule has 0 spiro atoms. The van der Waals surface area contributed by atoms with E-state index in [1.165, 1.54) is 31.4 Å². The van der Waals surface area contributed by atoms with Gasteiger partial charge in [-0.15, -0.1) is 0 Å². The summed E-state index contributed by atoms with van der Waals surface area (Å²) in [7, 11) is 1.32. The van der Waals surface area contributed by atoms with Crippen molar-refractivity contribution in [2.75, 3.05) is 7.11 Å². The minimum atomic E-state index is -0.423. The Kier molecular flexibility index (Phi) is 7.26. The molecule has 1 N–H and O–H groups in total. The lowest BCUT2D eigenvalue weighted by Gasteiger charge is -2.17. The summed E-state index contributed by atoms with van der Waals surface area (Å²) in [6, 6.07) is 17.1. The normalized spacial score (nSPS) is 11.5. The third-order valence-corrected chi connectivity index (χ3v) is 4.94. The van der Waals surface area contributed by atoms with Crippen molar-refractivity contribution in [1.29, 1.82) is 0 Å². The molecule has 0 radical (unpaired) electrons. The number of amides is 1. The van der Waals surface area contributed by atoms with Crippen LogP contribution in [0.1, 0.15) is 44.8 Å². The molecule has 1 amide bonds. The molecule has 5 nitrogen and oxygen atoms in total. The SMILES string of the molecule is COC(=O)c1ccc([C@H](C)NC(=O)c2cc(Cl)ccc2COc2ccc(F)cc2)cc1. The average molecular weight is 442 g/mol. The number of carbonyl (C=O) groups is 2. The van der Waals surface area contributed by atoms with E-state index in [4.69, 9.17) is 21.1 Å². The topological polar surface area (TPSA) is 64.6 Å². The number of benzene rings is 3. The van der Waals surface area contributed by atoms with Crippen molar-refractivity contribution in [3.05, 3.63) is 99.8 Å². The van der Waals surface area contributed by atoms with Crippen LogP contribution in [-0.2, 0) is 11.3 Å². The average Bonchev–Trinajstić information content (AvgIpc) is 2.78. The number of esters is 1. The third-order valence-electron chi connectivity index (χ3n) is 4.70. The zero-order valence-electron chi connectivity index (χ0n) is 17.0. The van der Waals surface area contributed by atoms with E-state index in [0.717, 1.165) is 5.56 Å². The van der Waals surface area contributed by atoms with Crippen molar-refractivity contribution < 1.29 is 23.5 Å². The summed E-state index contributed by atoms with van der Waals surface area (Å²) in [5.74, 6) is -0.605. The highest BCUT2D eigenvalue weighted by atomic mass is 35.5. The van der Waals surface area contributed by atoms with Crippen molar-refractivity contribution in [3.63, 3.8) is 0 Å². The molecule has 0 aromatic heterocycles. The second-order valence-corrected chi connectivity index (χ2v) is 7.29. The van der Waals surface area contributed by atoms with Gasteiger partial charge in [-0.05, 0) is 61.0 Å². The molecule has 0 heterocycles. The minimum absolute atomic E-state index is 0.119. The number of methoxy groups -OCH3 is 1. The second-order valence-electron chi connectivity index (χ2n) is 6.85. The Labute approximate surface area is 184 Å². The molecule has 3 aromatic carbocycles. The first-order chi connectivity index (χ1) is 14.9. The Hall–Kier alpha value is -3.38. The van der Waals surface area contributed by atoms with Crippen LogP contribution in [0.15, 0.2) is 66.7 Å². The molecular weight excluding hydrogens is 421 g/mol. The molecule has 0 aliphatic carbocycles. The second kappa shape index (κ2) is 10.1. The predicted molar refractivity (Wildman–Crippen MR) is 116 cm³/mol. The molecule has 0 fully saturated rings. The van der Waals surface area contributed by atoms with Crippen LogP contribution in [0.3, 0.4) is 0 Å². The van der Waals surface area contributed by atoms with E-state index >= 15 is 0 Å². The standard InChI is InChI=1S/C24H21ClFNO4/c1-15(16-3-5-17(6-4-16)24(29)30-2)27-23(28)22-13-19(25)8-7-18(22)14-31-21-11-9-20(26)10-12-21/h3-13,15H,14H2,1-2H3,(H,27,28)/t15-/m0/s1. The number of hydrogen-bond acceptors (Lipinski definition) is 4. The van der Waals surface area contributed by atoms with E-state index in [1.807, 2.05) is 6.92 Å². The van der Waals surface area contributed by atoms with Gasteiger partial charge in [-0.3, -0.25) is 4.79 Å². The molecular formula is C24H21ClFNO4. The van der Waals surface area contributed by atoms with E-state index in [9.17, 15) is 14.0 Å². The van der Waals surface area contributed by atoms with Crippen LogP contribution in [0.4, 0.5) is 4.39 Å². The number of rotatable bonds is 7. The van der Waals surface area contributed by atoms with Gasteiger partial charge in [-0.1, -0.05) is 29.8 Å². The monoisotopic (exact) mass is 441 g/mol. The van der Waals surface area contributed by atoms with E-state index in [1.54, 1.807) is 42.5 Å². The molecule has 3 aromatic rings. The maximum atomic E-state index is 13.1. The highest BCUT2D eigenvalue weighted by Gasteiger charge is 2.17. The quantitative estimate of drug-likeness (QED) is 0.503. The number of ether oxygens (including phenoxy) is 2. The van der Waals surface area contributed by atoms with Gasteiger partial charge in [0.25, 0.3) is 5.91 Å². The Balaban J connectivity index is 1.72. The van der Waals surface area contributed by atoms with E-state index < -0.39 is 5.97 Å². The van der Waals surface area contributed by atoms with E-state index in [-0.39, 0.29) is 24.4 Å². The largest absolute Gasteiger partial charge is 0.489 e. The molecule has 3 rings (SSSR count). The first-order valence-corrected chi connectivity index (χ1v) is 9.91. The lowest BCUT2D eigenvalue weighted by molar-refractivity contribution is 0.0600. The van der Waals surface area contributed by atoms with E-state index in [2.05, 4.69) is 5.32 Å². The minimum Gasteiger partial charge on any atom is -0.489 e. The molecule has 7 heteroatoms. The zero-order valence-corrected chi connectivity index (χ0v) is 17.8. The molecule has 0 unspecified atom stereocenters. The molecule has 0 saturated carbocycles. The summed E-state index contributed by atoms with van der Waals surface area (Å²) >= 11 is 6.10. The Bertz CT molecular complexity index is 1070. The number of halogens is 2. The van der Waals surface area contributed by atoms with Crippen LogP contribution in [0.2, 0.25) is 5.02 Å². The lowest BCUT2D eigenvalue weighted by Crippen LogP contribution is -2.27. The Morgan fingerprint density at radius 1 is 1.03 bits per heavy atom. The smallest absolute Gasteiger partial charge is 0.337 e. The molecule has 0 saturated heterocycles. The molecule has 160 valence electrons. The van der Waals surface area contributed by atoms with Gasteiger partial charge >= 0.3 is 5.97 Å². The summed E-state index contributed by atoms with van der Waals surface area (Å²) in [6.45, 7) is 1.96. The fourth-order valence-electron chi connectivity index (χ4n) is 2.96. The first kappa shape index (κ1) is 22.3. The highest BCUT2D eigenvalue weighted by Crippen LogP contribution is 2.21.